The maximum Gasteiger partial charge on any atom is 1.00 e. The Hall–Kier alpha value is 0.830. The maximum atomic E-state index is 10.4. The van der Waals surface area contributed by atoms with E-state index in [1.165, 1.54) is 0 Å². The number of piperidine rings is 1. The van der Waals surface area contributed by atoms with Gasteiger partial charge in [-0.05, 0) is 19.4 Å². The molecule has 2 aliphatic rings. The first-order valence-electron chi connectivity index (χ1n) is 4.41. The molecular weight excluding hydrogens is 217 g/mol. The van der Waals surface area contributed by atoms with Gasteiger partial charge in [0.05, 0.1) is 6.10 Å². The molecular formula is C7H12NNaO4S. The predicted molar refractivity (Wildman–Crippen MR) is 43.7 cm³/mol. The smallest absolute Gasteiger partial charge is 0.726 e. The fourth-order valence-electron chi connectivity index (χ4n) is 2.22. The van der Waals surface area contributed by atoms with Crippen LogP contribution < -0.4 is 29.6 Å². The molecule has 0 spiro atoms. The standard InChI is InChI=1S/C7H13NO4S.Na/c9-13(10,11)12-7-5-8-3-1-2-6(7)4-8;/h6-7H,1-5H2,(H,9,10,11);/q;+1/p-1. The molecule has 2 rings (SSSR count). The Kier molecular flexibility index (Phi) is 4.40. The Morgan fingerprint density at radius 2 is 2.07 bits per heavy atom. The Labute approximate surface area is 106 Å². The van der Waals surface area contributed by atoms with Crippen LogP contribution in [0.5, 0.6) is 0 Å². The van der Waals surface area contributed by atoms with E-state index in [-0.39, 0.29) is 35.5 Å². The molecule has 0 aromatic rings. The van der Waals surface area contributed by atoms with Crippen molar-refractivity contribution in [1.82, 2.24) is 4.90 Å². The molecule has 5 nitrogen and oxygen atoms in total. The summed E-state index contributed by atoms with van der Waals surface area (Å²) in [5.74, 6) is 0.234. The fourth-order valence-corrected chi connectivity index (χ4v) is 2.75. The third kappa shape index (κ3) is 3.16. The fraction of sp³-hybridized carbons (Fsp3) is 1.00. The quantitative estimate of drug-likeness (QED) is 0.280. The van der Waals surface area contributed by atoms with E-state index in [0.29, 0.717) is 6.54 Å². The molecule has 76 valence electrons. The van der Waals surface area contributed by atoms with Crippen LogP contribution in [0.1, 0.15) is 12.8 Å². The van der Waals surface area contributed by atoms with E-state index in [0.717, 1.165) is 25.9 Å². The van der Waals surface area contributed by atoms with Gasteiger partial charge in [-0.1, -0.05) is 0 Å². The van der Waals surface area contributed by atoms with Gasteiger partial charge in [0.25, 0.3) is 0 Å². The molecule has 3 unspecified atom stereocenters. The van der Waals surface area contributed by atoms with Crippen molar-refractivity contribution in [3.8, 4) is 0 Å². The monoisotopic (exact) mass is 229 g/mol. The zero-order chi connectivity index (χ0) is 9.47. The summed E-state index contributed by atoms with van der Waals surface area (Å²) < 4.78 is 35.6. The number of hydrogen-bond acceptors (Lipinski definition) is 5. The first-order valence-corrected chi connectivity index (χ1v) is 5.74. The van der Waals surface area contributed by atoms with Crippen LogP contribution in [0.3, 0.4) is 0 Å². The van der Waals surface area contributed by atoms with Gasteiger partial charge in [-0.3, -0.25) is 4.18 Å². The Bertz CT molecular complexity index is 294. The van der Waals surface area contributed by atoms with Gasteiger partial charge in [-0.15, -0.1) is 0 Å². The van der Waals surface area contributed by atoms with Crippen molar-refractivity contribution in [1.29, 1.82) is 0 Å². The van der Waals surface area contributed by atoms with E-state index in [1.54, 1.807) is 0 Å². The maximum absolute atomic E-state index is 10.4. The molecule has 3 atom stereocenters. The molecule has 0 N–H and O–H groups in total. The molecule has 2 aliphatic heterocycles. The minimum Gasteiger partial charge on any atom is -0.726 e. The van der Waals surface area contributed by atoms with Crippen LogP contribution in [0, 0.1) is 5.92 Å². The zero-order valence-electron chi connectivity index (χ0n) is 8.18. The predicted octanol–water partition coefficient (Wildman–Crippen LogP) is -3.44. The second kappa shape index (κ2) is 4.78. The minimum atomic E-state index is -4.52. The third-order valence-electron chi connectivity index (χ3n) is 2.75. The van der Waals surface area contributed by atoms with Crippen molar-refractivity contribution >= 4 is 10.4 Å². The van der Waals surface area contributed by atoms with Gasteiger partial charge in [0.15, 0.2) is 0 Å². The molecule has 7 heteroatoms. The van der Waals surface area contributed by atoms with Gasteiger partial charge in [0.2, 0.25) is 10.4 Å². The first-order chi connectivity index (χ1) is 6.04. The number of rotatable bonds is 2. The van der Waals surface area contributed by atoms with Crippen LogP contribution in [-0.4, -0.2) is 43.6 Å². The Morgan fingerprint density at radius 3 is 2.64 bits per heavy atom. The molecule has 0 amide bonds. The van der Waals surface area contributed by atoms with Crippen LogP contribution >= 0.6 is 0 Å². The van der Waals surface area contributed by atoms with Gasteiger partial charge in [0, 0.05) is 19.0 Å². The summed E-state index contributed by atoms with van der Waals surface area (Å²) in [6.07, 6.45) is 1.64. The summed E-state index contributed by atoms with van der Waals surface area (Å²) in [7, 11) is -4.52. The zero-order valence-corrected chi connectivity index (χ0v) is 11.0. The summed E-state index contributed by atoms with van der Waals surface area (Å²) in [6.45, 7) is 2.46. The van der Waals surface area contributed by atoms with Gasteiger partial charge >= 0.3 is 29.6 Å². The molecule has 2 bridgehead atoms. The number of nitrogens with zero attached hydrogens (tertiary/aromatic N) is 1. The van der Waals surface area contributed by atoms with E-state index in [2.05, 4.69) is 9.08 Å². The molecule has 0 radical (unpaired) electrons. The summed E-state index contributed by atoms with van der Waals surface area (Å²) in [6, 6.07) is 0. The van der Waals surface area contributed by atoms with Crippen LogP contribution in [0.2, 0.25) is 0 Å². The van der Waals surface area contributed by atoms with E-state index in [4.69, 9.17) is 0 Å². The van der Waals surface area contributed by atoms with E-state index >= 15 is 0 Å². The molecule has 0 saturated carbocycles. The summed E-state index contributed by atoms with van der Waals surface area (Å²) in [5.41, 5.74) is 0. The van der Waals surface area contributed by atoms with Crippen molar-refractivity contribution in [3.63, 3.8) is 0 Å². The van der Waals surface area contributed by atoms with Crippen molar-refractivity contribution in [3.05, 3.63) is 0 Å². The molecule has 2 heterocycles. The van der Waals surface area contributed by atoms with E-state index < -0.39 is 16.5 Å². The van der Waals surface area contributed by atoms with Gasteiger partial charge in [0.1, 0.15) is 0 Å². The Morgan fingerprint density at radius 1 is 1.36 bits per heavy atom. The second-order valence-electron chi connectivity index (χ2n) is 3.70. The van der Waals surface area contributed by atoms with Crippen molar-refractivity contribution in [2.45, 2.75) is 18.9 Å². The number of hydrogen-bond donors (Lipinski definition) is 0. The SMILES string of the molecule is O=S(=O)([O-])OC1CN2CCCC1C2.[Na+]. The molecule has 0 aromatic heterocycles. The largest absolute Gasteiger partial charge is 1.00 e. The summed E-state index contributed by atoms with van der Waals surface area (Å²) >= 11 is 0. The van der Waals surface area contributed by atoms with Crippen LogP contribution in [0.25, 0.3) is 0 Å². The normalized spacial score (nSPS) is 36.5. The second-order valence-corrected chi connectivity index (χ2v) is 4.71. The summed E-state index contributed by atoms with van der Waals surface area (Å²) in [4.78, 5) is 2.14. The van der Waals surface area contributed by atoms with Crippen molar-refractivity contribution in [2.24, 2.45) is 5.92 Å². The van der Waals surface area contributed by atoms with E-state index in [1.807, 2.05) is 0 Å². The first kappa shape index (κ1) is 12.9. The van der Waals surface area contributed by atoms with Crippen molar-refractivity contribution < 1.29 is 46.7 Å². The molecule has 0 aliphatic carbocycles. The van der Waals surface area contributed by atoms with E-state index in [9.17, 15) is 13.0 Å². The molecule has 2 saturated heterocycles. The number of fused-ring (bicyclic) bond motifs is 2. The average Bonchev–Trinajstić information content (AvgIpc) is 2.24. The average molecular weight is 229 g/mol. The molecule has 0 aromatic carbocycles. The van der Waals surface area contributed by atoms with Gasteiger partial charge in [-0.25, -0.2) is 8.42 Å². The van der Waals surface area contributed by atoms with Gasteiger partial charge < -0.3 is 9.45 Å². The van der Waals surface area contributed by atoms with Crippen LogP contribution in [0.4, 0.5) is 0 Å². The van der Waals surface area contributed by atoms with Crippen molar-refractivity contribution in [2.75, 3.05) is 19.6 Å². The summed E-state index contributed by atoms with van der Waals surface area (Å²) in [5, 5.41) is 0. The molecule has 2 fully saturated rings. The van der Waals surface area contributed by atoms with Gasteiger partial charge in [-0.2, -0.15) is 0 Å². The Balaban J connectivity index is 0.000000980. The molecule has 14 heavy (non-hydrogen) atoms. The topological polar surface area (TPSA) is 69.7 Å². The van der Waals surface area contributed by atoms with Crippen LogP contribution in [0.15, 0.2) is 0 Å². The minimum absolute atomic E-state index is 0. The van der Waals surface area contributed by atoms with Crippen LogP contribution in [-0.2, 0) is 14.6 Å². The third-order valence-corrected chi connectivity index (χ3v) is 3.23.